The maximum atomic E-state index is 12.3. The molecule has 0 spiro atoms. The van der Waals surface area contributed by atoms with Gasteiger partial charge in [0, 0.05) is 0 Å². The molecule has 0 saturated heterocycles. The number of esters is 1. The first-order chi connectivity index (χ1) is 11.1. The highest BCUT2D eigenvalue weighted by atomic mass is 16.5. The van der Waals surface area contributed by atoms with Gasteiger partial charge in [0.25, 0.3) is 0 Å². The zero-order chi connectivity index (χ0) is 16.6. The number of amidine groups is 1. The van der Waals surface area contributed by atoms with Crippen molar-refractivity contribution in [1.82, 2.24) is 0 Å². The van der Waals surface area contributed by atoms with E-state index in [1.807, 2.05) is 36.1 Å². The lowest BCUT2D eigenvalue weighted by Crippen LogP contribution is -2.49. The second kappa shape index (κ2) is 5.65. The average Bonchev–Trinajstić information content (AvgIpc) is 2.54. The third kappa shape index (κ3) is 2.28. The van der Waals surface area contributed by atoms with Crippen molar-refractivity contribution < 1.29 is 9.53 Å². The summed E-state index contributed by atoms with van der Waals surface area (Å²) < 4.78 is 5.11. The topological polar surface area (TPSA) is 104 Å². The van der Waals surface area contributed by atoms with E-state index in [2.05, 4.69) is 16.4 Å². The fourth-order valence-corrected chi connectivity index (χ4v) is 2.84. The van der Waals surface area contributed by atoms with Gasteiger partial charge in [0.1, 0.15) is 11.8 Å². The van der Waals surface area contributed by atoms with Crippen LogP contribution in [0.5, 0.6) is 0 Å². The molecule has 0 amide bonds. The molecule has 118 valence electrons. The fourth-order valence-electron chi connectivity index (χ4n) is 2.84. The molecule has 23 heavy (non-hydrogen) atoms. The van der Waals surface area contributed by atoms with Gasteiger partial charge in [-0.3, -0.25) is 0 Å². The van der Waals surface area contributed by atoms with E-state index in [9.17, 15) is 10.1 Å². The Balaban J connectivity index is 2.20. The normalized spacial score (nSPS) is 22.3. The summed E-state index contributed by atoms with van der Waals surface area (Å²) in [6.07, 6.45) is 0. The van der Waals surface area contributed by atoms with Crippen molar-refractivity contribution in [3.8, 4) is 6.07 Å². The molecule has 7 heteroatoms. The van der Waals surface area contributed by atoms with Crippen molar-refractivity contribution in [3.63, 3.8) is 0 Å². The number of nitriles is 1. The number of para-hydroxylation sites is 2. The number of nitrogens with one attached hydrogen (secondary N) is 1. The smallest absolute Gasteiger partial charge is 0.358 e. The van der Waals surface area contributed by atoms with Gasteiger partial charge in [-0.15, -0.1) is 0 Å². The minimum absolute atomic E-state index is 0.203. The van der Waals surface area contributed by atoms with Crippen molar-refractivity contribution in [1.29, 1.82) is 5.26 Å². The molecule has 1 aromatic rings. The van der Waals surface area contributed by atoms with Gasteiger partial charge in [0.2, 0.25) is 0 Å². The van der Waals surface area contributed by atoms with E-state index in [1.54, 1.807) is 6.92 Å². The highest BCUT2D eigenvalue weighted by Gasteiger charge is 2.40. The summed E-state index contributed by atoms with van der Waals surface area (Å²) in [6, 6.07) is 9.46. The van der Waals surface area contributed by atoms with E-state index in [1.165, 1.54) is 0 Å². The summed E-state index contributed by atoms with van der Waals surface area (Å²) in [6.45, 7) is 3.89. The number of anilines is 2. The lowest BCUT2D eigenvalue weighted by Gasteiger charge is -2.41. The molecule has 0 saturated carbocycles. The molecule has 2 atom stereocenters. The Morgan fingerprint density at radius 3 is 2.96 bits per heavy atom. The molecule has 0 bridgehead atoms. The predicted octanol–water partition coefficient (Wildman–Crippen LogP) is 1.55. The highest BCUT2D eigenvalue weighted by Crippen LogP contribution is 2.40. The van der Waals surface area contributed by atoms with Crippen LogP contribution >= 0.6 is 0 Å². The Labute approximate surface area is 134 Å². The number of carbonyl (C=O) groups excluding carboxylic acids is 1. The summed E-state index contributed by atoms with van der Waals surface area (Å²) in [5.74, 6) is -0.456. The third-order valence-electron chi connectivity index (χ3n) is 3.94. The second-order valence-electron chi connectivity index (χ2n) is 5.32. The summed E-state index contributed by atoms with van der Waals surface area (Å²) >= 11 is 0. The van der Waals surface area contributed by atoms with Crippen LogP contribution in [0.2, 0.25) is 0 Å². The number of aliphatic imine (C=N–C) groups is 1. The Bertz CT molecular complexity index is 762. The largest absolute Gasteiger partial charge is 0.461 e. The Kier molecular flexibility index (Phi) is 3.66. The van der Waals surface area contributed by atoms with Crippen molar-refractivity contribution in [3.05, 3.63) is 35.8 Å². The van der Waals surface area contributed by atoms with Gasteiger partial charge in [-0.25, -0.2) is 9.79 Å². The lowest BCUT2D eigenvalue weighted by atomic mass is 9.96. The molecule has 0 fully saturated rings. The molecular formula is C16H17N5O2. The molecule has 0 aromatic heterocycles. The monoisotopic (exact) mass is 311 g/mol. The molecule has 3 N–H and O–H groups in total. The molecular weight excluding hydrogens is 294 g/mol. The number of carbonyl (C=O) groups is 1. The molecule has 0 aliphatic carbocycles. The number of ether oxygens (including phenoxy) is 1. The van der Waals surface area contributed by atoms with Crippen LogP contribution in [0.4, 0.5) is 11.4 Å². The standard InChI is InChI=1S/C16H17N5O2/c1-3-23-16(22)13-15-20-14(18)10(8-17)9(2)21(15)12-7-5-4-6-11(12)19-13/h4-7,9-10,19H,3H2,1-2H3,(H2,18,20). The van der Waals surface area contributed by atoms with E-state index in [0.717, 1.165) is 11.4 Å². The molecule has 7 nitrogen and oxygen atoms in total. The number of hydrogen-bond donors (Lipinski definition) is 2. The van der Waals surface area contributed by atoms with Crippen LogP contribution in [0.15, 0.2) is 40.8 Å². The third-order valence-corrected chi connectivity index (χ3v) is 3.94. The second-order valence-corrected chi connectivity index (χ2v) is 5.32. The summed E-state index contributed by atoms with van der Waals surface area (Å²) in [4.78, 5) is 18.5. The van der Waals surface area contributed by atoms with Gasteiger partial charge in [0.05, 0.1) is 30.1 Å². The van der Waals surface area contributed by atoms with Crippen LogP contribution in [0, 0.1) is 17.2 Å². The minimum atomic E-state index is -0.548. The Morgan fingerprint density at radius 1 is 1.52 bits per heavy atom. The fraction of sp³-hybridized carbons (Fsp3) is 0.312. The number of rotatable bonds is 2. The number of hydrogen-bond acceptors (Lipinski definition) is 7. The molecule has 0 radical (unpaired) electrons. The number of nitrogens with two attached hydrogens (primary N) is 1. The van der Waals surface area contributed by atoms with Crippen LogP contribution in [-0.2, 0) is 9.53 Å². The maximum absolute atomic E-state index is 12.3. The molecule has 1 aromatic carbocycles. The van der Waals surface area contributed by atoms with Crippen LogP contribution in [0.25, 0.3) is 0 Å². The average molecular weight is 311 g/mol. The van der Waals surface area contributed by atoms with Crippen molar-refractivity contribution >= 4 is 23.2 Å². The van der Waals surface area contributed by atoms with Gasteiger partial charge < -0.3 is 20.7 Å². The van der Waals surface area contributed by atoms with Gasteiger partial charge in [-0.2, -0.15) is 5.26 Å². The Morgan fingerprint density at radius 2 is 2.26 bits per heavy atom. The first kappa shape index (κ1) is 14.9. The molecule has 2 aliphatic rings. The van der Waals surface area contributed by atoms with E-state index in [0.29, 0.717) is 5.82 Å². The van der Waals surface area contributed by atoms with Crippen molar-refractivity contribution in [2.75, 3.05) is 16.8 Å². The molecule has 2 unspecified atom stereocenters. The lowest BCUT2D eigenvalue weighted by molar-refractivity contribution is -0.138. The Hall–Kier alpha value is -3.01. The maximum Gasteiger partial charge on any atom is 0.358 e. The predicted molar refractivity (Wildman–Crippen MR) is 86.4 cm³/mol. The minimum Gasteiger partial charge on any atom is -0.461 e. The zero-order valence-corrected chi connectivity index (χ0v) is 12.9. The summed E-state index contributed by atoms with van der Waals surface area (Å²) in [7, 11) is 0. The van der Waals surface area contributed by atoms with Gasteiger partial charge in [-0.05, 0) is 26.0 Å². The molecule has 2 heterocycles. The van der Waals surface area contributed by atoms with Crippen molar-refractivity contribution in [2.45, 2.75) is 19.9 Å². The van der Waals surface area contributed by atoms with E-state index < -0.39 is 11.9 Å². The highest BCUT2D eigenvalue weighted by molar-refractivity contribution is 6.00. The SMILES string of the molecule is CCOC(=O)C1=C2N=C(N)C(C#N)C(C)N2c2ccccc2N1. The van der Waals surface area contributed by atoms with Gasteiger partial charge in [0.15, 0.2) is 11.5 Å². The molecule has 2 aliphatic heterocycles. The first-order valence-electron chi connectivity index (χ1n) is 7.38. The van der Waals surface area contributed by atoms with Crippen LogP contribution < -0.4 is 16.0 Å². The number of fused-ring (bicyclic) bond motifs is 3. The van der Waals surface area contributed by atoms with E-state index in [-0.39, 0.29) is 24.2 Å². The van der Waals surface area contributed by atoms with E-state index >= 15 is 0 Å². The summed E-state index contributed by atoms with van der Waals surface area (Å²) in [5.41, 5.74) is 7.77. The van der Waals surface area contributed by atoms with Crippen LogP contribution in [0.3, 0.4) is 0 Å². The number of nitrogens with zero attached hydrogens (tertiary/aromatic N) is 3. The van der Waals surface area contributed by atoms with Crippen molar-refractivity contribution in [2.24, 2.45) is 16.6 Å². The van der Waals surface area contributed by atoms with Crippen LogP contribution in [-0.4, -0.2) is 24.5 Å². The molecule has 3 rings (SSSR count). The van der Waals surface area contributed by atoms with E-state index in [4.69, 9.17) is 10.5 Å². The van der Waals surface area contributed by atoms with Crippen LogP contribution in [0.1, 0.15) is 13.8 Å². The number of benzene rings is 1. The van der Waals surface area contributed by atoms with Gasteiger partial charge >= 0.3 is 5.97 Å². The quantitative estimate of drug-likeness (QED) is 0.803. The zero-order valence-electron chi connectivity index (χ0n) is 12.9. The summed E-state index contributed by atoms with van der Waals surface area (Å²) in [5, 5.41) is 12.4. The van der Waals surface area contributed by atoms with Gasteiger partial charge in [-0.1, -0.05) is 12.1 Å². The first-order valence-corrected chi connectivity index (χ1v) is 7.38.